The Balaban J connectivity index is 2.10. The minimum atomic E-state index is -0.0562. The minimum Gasteiger partial charge on any atom is -0.282 e. The molecule has 0 bridgehead atoms. The number of allylic oxidation sites excluding steroid dienone is 2. The zero-order valence-corrected chi connectivity index (χ0v) is 9.11. The standard InChI is InChI=1S/C12H17NO2/c1-2-3-8-13-11(14)9-6-4-5-7-10(9)12(13)15/h4-5,9-10H,2-3,6-8H2,1H3/t9-,10+. The molecule has 0 spiro atoms. The first-order valence-corrected chi connectivity index (χ1v) is 5.76. The number of nitrogens with zero attached hydrogens (tertiary/aromatic N) is 1. The molecule has 0 saturated carbocycles. The maximum Gasteiger partial charge on any atom is 0.233 e. The maximum atomic E-state index is 11.9. The molecule has 0 N–H and O–H groups in total. The van der Waals surface area contributed by atoms with E-state index in [-0.39, 0.29) is 23.7 Å². The van der Waals surface area contributed by atoms with Crippen LogP contribution in [-0.4, -0.2) is 23.3 Å². The molecule has 3 nitrogen and oxygen atoms in total. The third-order valence-corrected chi connectivity index (χ3v) is 3.33. The van der Waals surface area contributed by atoms with Gasteiger partial charge >= 0.3 is 0 Å². The summed E-state index contributed by atoms with van der Waals surface area (Å²) >= 11 is 0. The average molecular weight is 207 g/mol. The van der Waals surface area contributed by atoms with Gasteiger partial charge in [-0.2, -0.15) is 0 Å². The van der Waals surface area contributed by atoms with E-state index in [0.29, 0.717) is 6.54 Å². The van der Waals surface area contributed by atoms with Crippen LogP contribution in [-0.2, 0) is 9.59 Å². The molecule has 2 aliphatic rings. The number of likely N-dealkylation sites (tertiary alicyclic amines) is 1. The van der Waals surface area contributed by atoms with Crippen molar-refractivity contribution in [1.82, 2.24) is 4.90 Å². The van der Waals surface area contributed by atoms with Crippen molar-refractivity contribution in [3.63, 3.8) is 0 Å². The van der Waals surface area contributed by atoms with Gasteiger partial charge in [0.05, 0.1) is 11.8 Å². The van der Waals surface area contributed by atoms with Gasteiger partial charge in [0.25, 0.3) is 0 Å². The lowest BCUT2D eigenvalue weighted by Crippen LogP contribution is -2.31. The summed E-state index contributed by atoms with van der Waals surface area (Å²) in [6.45, 7) is 2.68. The van der Waals surface area contributed by atoms with Crippen LogP contribution in [0, 0.1) is 11.8 Å². The molecular weight excluding hydrogens is 190 g/mol. The number of carbonyl (C=O) groups excluding carboxylic acids is 2. The summed E-state index contributed by atoms with van der Waals surface area (Å²) in [5.41, 5.74) is 0. The second kappa shape index (κ2) is 4.17. The summed E-state index contributed by atoms with van der Waals surface area (Å²) in [5.74, 6) is 0.00399. The Bertz CT molecular complexity index is 283. The molecule has 1 heterocycles. The normalized spacial score (nSPS) is 29.8. The zero-order valence-electron chi connectivity index (χ0n) is 9.11. The van der Waals surface area contributed by atoms with Crippen LogP contribution in [0.2, 0.25) is 0 Å². The Kier molecular flexibility index (Phi) is 2.89. The maximum absolute atomic E-state index is 11.9. The smallest absolute Gasteiger partial charge is 0.233 e. The van der Waals surface area contributed by atoms with Gasteiger partial charge in [0.2, 0.25) is 11.8 Å². The lowest BCUT2D eigenvalue weighted by molar-refractivity contribution is -0.139. The van der Waals surface area contributed by atoms with Gasteiger partial charge in [0.1, 0.15) is 0 Å². The van der Waals surface area contributed by atoms with Crippen molar-refractivity contribution in [2.24, 2.45) is 11.8 Å². The quantitative estimate of drug-likeness (QED) is 0.522. The molecule has 0 radical (unpaired) electrons. The van der Waals surface area contributed by atoms with Crippen molar-refractivity contribution < 1.29 is 9.59 Å². The first-order chi connectivity index (χ1) is 7.25. The molecule has 1 fully saturated rings. The summed E-state index contributed by atoms with van der Waals surface area (Å²) in [6.07, 6.45) is 7.48. The van der Waals surface area contributed by atoms with Crippen molar-refractivity contribution in [2.75, 3.05) is 6.54 Å². The molecular formula is C12H17NO2. The number of amides is 2. The predicted octanol–water partition coefficient (Wildman–Crippen LogP) is 1.74. The second-order valence-electron chi connectivity index (χ2n) is 4.34. The Labute approximate surface area is 90.1 Å². The summed E-state index contributed by atoms with van der Waals surface area (Å²) in [6, 6.07) is 0. The summed E-state index contributed by atoms with van der Waals surface area (Å²) in [5, 5.41) is 0. The van der Waals surface area contributed by atoms with E-state index in [2.05, 4.69) is 6.92 Å². The van der Waals surface area contributed by atoms with E-state index < -0.39 is 0 Å². The fraction of sp³-hybridized carbons (Fsp3) is 0.667. The van der Waals surface area contributed by atoms with Crippen molar-refractivity contribution in [1.29, 1.82) is 0 Å². The first kappa shape index (κ1) is 10.4. The number of rotatable bonds is 3. The molecule has 1 saturated heterocycles. The van der Waals surface area contributed by atoms with Crippen molar-refractivity contribution >= 4 is 11.8 Å². The van der Waals surface area contributed by atoms with Crippen LogP contribution in [0.1, 0.15) is 32.6 Å². The molecule has 82 valence electrons. The second-order valence-corrected chi connectivity index (χ2v) is 4.34. The van der Waals surface area contributed by atoms with Gasteiger partial charge in [-0.25, -0.2) is 0 Å². The summed E-state index contributed by atoms with van der Waals surface area (Å²) in [7, 11) is 0. The number of carbonyl (C=O) groups is 2. The van der Waals surface area contributed by atoms with E-state index in [4.69, 9.17) is 0 Å². The molecule has 1 aliphatic heterocycles. The van der Waals surface area contributed by atoms with Crippen LogP contribution in [0.5, 0.6) is 0 Å². The highest BCUT2D eigenvalue weighted by atomic mass is 16.2. The van der Waals surface area contributed by atoms with Gasteiger partial charge in [-0.15, -0.1) is 0 Å². The molecule has 15 heavy (non-hydrogen) atoms. The molecule has 0 unspecified atom stereocenters. The molecule has 2 atom stereocenters. The van der Waals surface area contributed by atoms with E-state index in [0.717, 1.165) is 25.7 Å². The van der Waals surface area contributed by atoms with Crippen LogP contribution in [0.15, 0.2) is 12.2 Å². The van der Waals surface area contributed by atoms with E-state index in [9.17, 15) is 9.59 Å². The van der Waals surface area contributed by atoms with Crippen molar-refractivity contribution in [3.05, 3.63) is 12.2 Å². The lowest BCUT2D eigenvalue weighted by atomic mass is 9.85. The lowest BCUT2D eigenvalue weighted by Gasteiger charge is -2.14. The molecule has 2 rings (SSSR count). The van der Waals surface area contributed by atoms with Crippen LogP contribution in [0.4, 0.5) is 0 Å². The van der Waals surface area contributed by atoms with Gasteiger partial charge in [0, 0.05) is 6.54 Å². The van der Waals surface area contributed by atoms with Crippen LogP contribution in [0.3, 0.4) is 0 Å². The number of hydrogen-bond donors (Lipinski definition) is 0. The third kappa shape index (κ3) is 1.71. The van der Waals surface area contributed by atoms with Gasteiger partial charge in [0.15, 0.2) is 0 Å². The molecule has 1 aliphatic carbocycles. The molecule has 2 amide bonds. The number of unbranched alkanes of at least 4 members (excludes halogenated alkanes) is 1. The molecule has 0 aromatic carbocycles. The molecule has 0 aromatic rings. The predicted molar refractivity (Wildman–Crippen MR) is 57.0 cm³/mol. The van der Waals surface area contributed by atoms with Gasteiger partial charge in [-0.1, -0.05) is 25.5 Å². The average Bonchev–Trinajstić information content (AvgIpc) is 2.51. The highest BCUT2D eigenvalue weighted by Crippen LogP contribution is 2.34. The van der Waals surface area contributed by atoms with Gasteiger partial charge in [-0.3, -0.25) is 14.5 Å². The Morgan fingerprint density at radius 3 is 2.20 bits per heavy atom. The SMILES string of the molecule is CCCCN1C(=O)[C@H]2CC=CC[C@H]2C1=O. The van der Waals surface area contributed by atoms with Crippen LogP contribution in [0.25, 0.3) is 0 Å². The van der Waals surface area contributed by atoms with Crippen LogP contribution < -0.4 is 0 Å². The minimum absolute atomic E-state index is 0.0562. The van der Waals surface area contributed by atoms with Crippen molar-refractivity contribution in [3.8, 4) is 0 Å². The van der Waals surface area contributed by atoms with Gasteiger partial charge in [-0.05, 0) is 19.3 Å². The number of fused-ring (bicyclic) bond motifs is 1. The van der Waals surface area contributed by atoms with Crippen LogP contribution >= 0.6 is 0 Å². The van der Waals surface area contributed by atoms with Crippen molar-refractivity contribution in [2.45, 2.75) is 32.6 Å². The highest BCUT2D eigenvalue weighted by molar-refractivity contribution is 6.05. The molecule has 0 aromatic heterocycles. The zero-order chi connectivity index (χ0) is 10.8. The van der Waals surface area contributed by atoms with E-state index in [1.165, 1.54) is 4.90 Å². The van der Waals surface area contributed by atoms with E-state index in [1.807, 2.05) is 12.2 Å². The fourth-order valence-corrected chi connectivity index (χ4v) is 2.41. The molecule has 3 heteroatoms. The Morgan fingerprint density at radius 1 is 1.20 bits per heavy atom. The Hall–Kier alpha value is -1.12. The number of imide groups is 1. The summed E-state index contributed by atoms with van der Waals surface area (Å²) in [4.78, 5) is 25.3. The first-order valence-electron chi connectivity index (χ1n) is 5.76. The topological polar surface area (TPSA) is 37.4 Å². The van der Waals surface area contributed by atoms with Gasteiger partial charge < -0.3 is 0 Å². The third-order valence-electron chi connectivity index (χ3n) is 3.33. The van der Waals surface area contributed by atoms with E-state index in [1.54, 1.807) is 0 Å². The van der Waals surface area contributed by atoms with E-state index >= 15 is 0 Å². The monoisotopic (exact) mass is 207 g/mol. The summed E-state index contributed by atoms with van der Waals surface area (Å²) < 4.78 is 0. The number of hydrogen-bond acceptors (Lipinski definition) is 2. The highest BCUT2D eigenvalue weighted by Gasteiger charge is 2.46. The largest absolute Gasteiger partial charge is 0.282 e. The fourth-order valence-electron chi connectivity index (χ4n) is 2.41. The Morgan fingerprint density at radius 2 is 1.73 bits per heavy atom.